The van der Waals surface area contributed by atoms with Crippen LogP contribution in [0.2, 0.25) is 0 Å². The van der Waals surface area contributed by atoms with Crippen LogP contribution in [0.15, 0.2) is 24.3 Å². The third kappa shape index (κ3) is 3.60. The van der Waals surface area contributed by atoms with Gasteiger partial charge in [0, 0.05) is 19.6 Å². The lowest BCUT2D eigenvalue weighted by molar-refractivity contribution is 0.0710. The molecule has 18 heavy (non-hydrogen) atoms. The third-order valence-corrected chi connectivity index (χ3v) is 3.07. The van der Waals surface area contributed by atoms with Crippen molar-refractivity contribution in [1.29, 1.82) is 0 Å². The van der Waals surface area contributed by atoms with Gasteiger partial charge in [-0.2, -0.15) is 0 Å². The molecule has 5 nitrogen and oxygen atoms in total. The Hall–Kier alpha value is -1.30. The molecule has 0 amide bonds. The molecule has 2 atom stereocenters. The summed E-state index contributed by atoms with van der Waals surface area (Å²) in [5, 5.41) is 19.2. The molecule has 1 fully saturated rings. The quantitative estimate of drug-likeness (QED) is 0.647. The standard InChI is InChI=1S/C13H20N2O3/c14-12-3-1-2-4-13(12)18-9-11(17)8-15-6-5-10(16)7-15/h1-4,10-11,16-17H,5-9,14H2. The van der Waals surface area contributed by atoms with Crippen LogP contribution in [-0.4, -0.2) is 53.6 Å². The van der Waals surface area contributed by atoms with Crippen LogP contribution in [0.1, 0.15) is 6.42 Å². The van der Waals surface area contributed by atoms with Gasteiger partial charge in [-0.25, -0.2) is 0 Å². The minimum Gasteiger partial charge on any atom is -0.489 e. The highest BCUT2D eigenvalue weighted by atomic mass is 16.5. The van der Waals surface area contributed by atoms with E-state index in [4.69, 9.17) is 10.5 Å². The van der Waals surface area contributed by atoms with Gasteiger partial charge in [0.05, 0.1) is 11.8 Å². The van der Waals surface area contributed by atoms with Crippen molar-refractivity contribution in [2.24, 2.45) is 0 Å². The number of likely N-dealkylation sites (tertiary alicyclic amines) is 1. The van der Waals surface area contributed by atoms with Crippen LogP contribution in [0, 0.1) is 0 Å². The highest BCUT2D eigenvalue weighted by molar-refractivity contribution is 5.51. The normalized spacial score (nSPS) is 22.0. The van der Waals surface area contributed by atoms with Crippen molar-refractivity contribution in [3.63, 3.8) is 0 Å². The number of β-amino-alcohol motifs (C(OH)–C–C–N with tert-alkyl or cyclic N) is 2. The smallest absolute Gasteiger partial charge is 0.142 e. The molecule has 1 aromatic carbocycles. The summed E-state index contributed by atoms with van der Waals surface area (Å²) in [6, 6.07) is 7.22. The molecule has 2 unspecified atom stereocenters. The SMILES string of the molecule is Nc1ccccc1OCC(O)CN1CCC(O)C1. The molecule has 0 radical (unpaired) electrons. The number of rotatable bonds is 5. The van der Waals surface area contributed by atoms with Gasteiger partial charge in [0.1, 0.15) is 18.5 Å². The van der Waals surface area contributed by atoms with Gasteiger partial charge in [-0.05, 0) is 18.6 Å². The molecule has 0 spiro atoms. The predicted molar refractivity (Wildman–Crippen MR) is 69.4 cm³/mol. The first-order valence-corrected chi connectivity index (χ1v) is 6.21. The van der Waals surface area contributed by atoms with Gasteiger partial charge < -0.3 is 20.7 Å². The molecule has 2 rings (SSSR count). The lowest BCUT2D eigenvalue weighted by atomic mass is 10.3. The molecule has 0 aliphatic carbocycles. The summed E-state index contributed by atoms with van der Waals surface area (Å²) in [5.41, 5.74) is 6.31. The number of aliphatic hydroxyl groups excluding tert-OH is 2. The van der Waals surface area contributed by atoms with E-state index in [9.17, 15) is 10.2 Å². The van der Waals surface area contributed by atoms with Crippen LogP contribution in [0.4, 0.5) is 5.69 Å². The van der Waals surface area contributed by atoms with E-state index in [1.165, 1.54) is 0 Å². The maximum atomic E-state index is 9.86. The van der Waals surface area contributed by atoms with E-state index in [0.29, 0.717) is 24.5 Å². The van der Waals surface area contributed by atoms with Crippen molar-refractivity contribution < 1.29 is 14.9 Å². The first-order valence-electron chi connectivity index (χ1n) is 6.21. The molecular formula is C13H20N2O3. The zero-order valence-corrected chi connectivity index (χ0v) is 10.3. The molecule has 0 bridgehead atoms. The van der Waals surface area contributed by atoms with Gasteiger partial charge >= 0.3 is 0 Å². The number of hydrogen-bond donors (Lipinski definition) is 3. The molecule has 0 aromatic heterocycles. The van der Waals surface area contributed by atoms with E-state index in [1.807, 2.05) is 17.0 Å². The number of aliphatic hydroxyl groups is 2. The molecule has 1 aromatic rings. The maximum absolute atomic E-state index is 9.86. The summed E-state index contributed by atoms with van der Waals surface area (Å²) < 4.78 is 5.47. The highest BCUT2D eigenvalue weighted by Crippen LogP contribution is 2.20. The van der Waals surface area contributed by atoms with E-state index in [-0.39, 0.29) is 12.7 Å². The van der Waals surface area contributed by atoms with E-state index in [0.717, 1.165) is 13.0 Å². The zero-order chi connectivity index (χ0) is 13.0. The monoisotopic (exact) mass is 252 g/mol. The number of hydrogen-bond acceptors (Lipinski definition) is 5. The van der Waals surface area contributed by atoms with Crippen molar-refractivity contribution in [3.8, 4) is 5.75 Å². The van der Waals surface area contributed by atoms with E-state index >= 15 is 0 Å². The minimum absolute atomic E-state index is 0.209. The van der Waals surface area contributed by atoms with Gasteiger partial charge in [-0.1, -0.05) is 12.1 Å². The lowest BCUT2D eigenvalue weighted by Crippen LogP contribution is -2.34. The van der Waals surface area contributed by atoms with Crippen LogP contribution in [0.25, 0.3) is 0 Å². The second-order valence-electron chi connectivity index (χ2n) is 4.70. The van der Waals surface area contributed by atoms with E-state index < -0.39 is 6.10 Å². The highest BCUT2D eigenvalue weighted by Gasteiger charge is 2.22. The Labute approximate surface area is 107 Å². The summed E-state index contributed by atoms with van der Waals surface area (Å²) in [7, 11) is 0. The van der Waals surface area contributed by atoms with Crippen molar-refractivity contribution >= 4 is 5.69 Å². The Kier molecular flexibility index (Phi) is 4.41. The molecular weight excluding hydrogens is 232 g/mol. The molecule has 100 valence electrons. The number of nitrogens with zero attached hydrogens (tertiary/aromatic N) is 1. The van der Waals surface area contributed by atoms with Crippen molar-refractivity contribution in [2.45, 2.75) is 18.6 Å². The van der Waals surface area contributed by atoms with Crippen LogP contribution in [0.5, 0.6) is 5.75 Å². The number of anilines is 1. The summed E-state index contributed by atoms with van der Waals surface area (Å²) in [6.45, 7) is 2.18. The first-order chi connectivity index (χ1) is 8.65. The van der Waals surface area contributed by atoms with Crippen molar-refractivity contribution in [3.05, 3.63) is 24.3 Å². The number of nitrogens with two attached hydrogens (primary N) is 1. The average Bonchev–Trinajstić information content (AvgIpc) is 2.74. The molecule has 5 heteroatoms. The van der Waals surface area contributed by atoms with Crippen molar-refractivity contribution in [1.82, 2.24) is 4.90 Å². The average molecular weight is 252 g/mol. The fourth-order valence-electron chi connectivity index (χ4n) is 2.13. The van der Waals surface area contributed by atoms with Crippen molar-refractivity contribution in [2.75, 3.05) is 32.0 Å². The Morgan fingerprint density at radius 1 is 1.44 bits per heavy atom. The van der Waals surface area contributed by atoms with Gasteiger partial charge in [-0.3, -0.25) is 4.90 Å². The zero-order valence-electron chi connectivity index (χ0n) is 10.3. The van der Waals surface area contributed by atoms with Gasteiger partial charge in [-0.15, -0.1) is 0 Å². The molecule has 1 aliphatic rings. The molecule has 1 aliphatic heterocycles. The number of nitrogen functional groups attached to an aromatic ring is 1. The maximum Gasteiger partial charge on any atom is 0.142 e. The second kappa shape index (κ2) is 6.04. The molecule has 4 N–H and O–H groups in total. The number of ether oxygens (including phenoxy) is 1. The van der Waals surface area contributed by atoms with Crippen LogP contribution in [-0.2, 0) is 0 Å². The Bertz CT molecular complexity index is 386. The van der Waals surface area contributed by atoms with Crippen LogP contribution < -0.4 is 10.5 Å². The summed E-state index contributed by atoms with van der Waals surface area (Å²) >= 11 is 0. The van der Waals surface area contributed by atoms with E-state index in [2.05, 4.69) is 0 Å². The second-order valence-corrected chi connectivity index (χ2v) is 4.70. The predicted octanol–water partition coefficient (Wildman–Crippen LogP) is 0.0751. The topological polar surface area (TPSA) is 79.0 Å². The molecule has 1 heterocycles. The Balaban J connectivity index is 1.75. The van der Waals surface area contributed by atoms with Crippen LogP contribution in [0.3, 0.4) is 0 Å². The number of benzene rings is 1. The summed E-state index contributed by atoms with van der Waals surface area (Å²) in [4.78, 5) is 2.03. The first kappa shape index (κ1) is 13.1. The van der Waals surface area contributed by atoms with Gasteiger partial charge in [0.25, 0.3) is 0 Å². The van der Waals surface area contributed by atoms with Crippen LogP contribution >= 0.6 is 0 Å². The lowest BCUT2D eigenvalue weighted by Gasteiger charge is -2.20. The summed E-state index contributed by atoms with van der Waals surface area (Å²) in [5.74, 6) is 0.595. The third-order valence-electron chi connectivity index (χ3n) is 3.07. The summed E-state index contributed by atoms with van der Waals surface area (Å²) in [6.07, 6.45) is -0.0584. The molecule has 0 saturated carbocycles. The number of para-hydroxylation sites is 2. The van der Waals surface area contributed by atoms with E-state index in [1.54, 1.807) is 12.1 Å². The van der Waals surface area contributed by atoms with Gasteiger partial charge in [0.2, 0.25) is 0 Å². The Morgan fingerprint density at radius 3 is 2.89 bits per heavy atom. The fourth-order valence-corrected chi connectivity index (χ4v) is 2.13. The molecule has 1 saturated heterocycles. The van der Waals surface area contributed by atoms with Gasteiger partial charge in [0.15, 0.2) is 0 Å². The largest absolute Gasteiger partial charge is 0.489 e. The minimum atomic E-state index is -0.574. The fraction of sp³-hybridized carbons (Fsp3) is 0.538. The Morgan fingerprint density at radius 2 is 2.22 bits per heavy atom.